The van der Waals surface area contributed by atoms with E-state index in [0.29, 0.717) is 35.9 Å². The summed E-state index contributed by atoms with van der Waals surface area (Å²) >= 11 is 1.40. The molecule has 250 valence electrons. The summed E-state index contributed by atoms with van der Waals surface area (Å²) in [7, 11) is 0. The number of carbonyl (C=O) groups excluding carboxylic acids is 1. The van der Waals surface area contributed by atoms with Crippen LogP contribution in [0.3, 0.4) is 0 Å². The van der Waals surface area contributed by atoms with E-state index in [2.05, 4.69) is 9.97 Å². The van der Waals surface area contributed by atoms with E-state index in [1.165, 1.54) is 28.5 Å². The SMILES string of the molecule is Cc1ccnc(C(C)C)c1-n1c(=O)nc(N2CCN(C(=O)OC(C)(C)C)C[C@@H]2C)c2cc(F)c(-c3c(F)cccc3SC(C)C)nc21. The lowest BCUT2D eigenvalue weighted by atomic mass is 10.0. The normalized spacial score (nSPS) is 15.6. The van der Waals surface area contributed by atoms with Crippen molar-refractivity contribution in [1.82, 2.24) is 24.4 Å². The van der Waals surface area contributed by atoms with Crippen LogP contribution < -0.4 is 10.6 Å². The largest absolute Gasteiger partial charge is 0.444 e. The maximum atomic E-state index is 16.3. The highest BCUT2D eigenvalue weighted by Gasteiger charge is 2.33. The number of aryl methyl sites for hydroxylation is 1. The molecule has 0 bridgehead atoms. The van der Waals surface area contributed by atoms with Gasteiger partial charge in [-0.1, -0.05) is 33.8 Å². The van der Waals surface area contributed by atoms with Gasteiger partial charge in [0.25, 0.3) is 0 Å². The first-order valence-electron chi connectivity index (χ1n) is 15.9. The van der Waals surface area contributed by atoms with Gasteiger partial charge in [-0.05, 0) is 70.4 Å². The van der Waals surface area contributed by atoms with Crippen molar-refractivity contribution in [3.8, 4) is 16.9 Å². The zero-order valence-electron chi connectivity index (χ0n) is 28.4. The minimum atomic E-state index is -0.742. The number of fused-ring (bicyclic) bond motifs is 1. The number of halogens is 2. The van der Waals surface area contributed by atoms with E-state index < -0.39 is 29.0 Å². The molecule has 0 saturated carbocycles. The summed E-state index contributed by atoms with van der Waals surface area (Å²) < 4.78 is 38.9. The molecule has 1 aromatic carbocycles. The van der Waals surface area contributed by atoms with E-state index in [0.717, 1.165) is 5.56 Å². The molecule has 9 nitrogen and oxygen atoms in total. The van der Waals surface area contributed by atoms with Crippen molar-refractivity contribution < 1.29 is 18.3 Å². The third kappa shape index (κ3) is 6.97. The molecule has 0 aliphatic carbocycles. The number of thioether (sulfide) groups is 1. The molecule has 3 aromatic heterocycles. The Morgan fingerprint density at radius 1 is 1.06 bits per heavy atom. The lowest BCUT2D eigenvalue weighted by molar-refractivity contribution is 0.0218. The highest BCUT2D eigenvalue weighted by atomic mass is 32.2. The number of benzene rings is 1. The monoisotopic (exact) mass is 664 g/mol. The van der Waals surface area contributed by atoms with Crippen LogP contribution in [-0.4, -0.2) is 67.0 Å². The average molecular weight is 665 g/mol. The Balaban J connectivity index is 1.76. The topological polar surface area (TPSA) is 93.5 Å². The summed E-state index contributed by atoms with van der Waals surface area (Å²) in [5, 5.41) is 0.385. The predicted octanol–water partition coefficient (Wildman–Crippen LogP) is 7.50. The van der Waals surface area contributed by atoms with Crippen LogP contribution >= 0.6 is 11.8 Å². The zero-order chi connectivity index (χ0) is 34.4. The summed E-state index contributed by atoms with van der Waals surface area (Å²) in [5.74, 6) is -1.17. The number of rotatable bonds is 6. The number of pyridine rings is 2. The summed E-state index contributed by atoms with van der Waals surface area (Å²) in [5.41, 5.74) is 0.629. The van der Waals surface area contributed by atoms with E-state index >= 15 is 8.78 Å². The standard InChI is InChI=1S/C35H42F2N6O3S/c1-19(2)28-30(21(5)13-14-38-28)43-32-23(17-25(37)29(39-32)27-24(36)11-10-12-26(27)47-20(3)4)31(40-33(43)44)42-16-15-41(18-22(42)6)34(45)46-35(7,8)9/h10-14,17,19-20,22H,15-16,18H2,1-9H3/t22-/m0/s1. The minimum Gasteiger partial charge on any atom is -0.444 e. The molecule has 1 saturated heterocycles. The number of ether oxygens (including phenoxy) is 1. The molecule has 4 heterocycles. The highest BCUT2D eigenvalue weighted by molar-refractivity contribution is 8.00. The fourth-order valence-corrected chi connectivity index (χ4v) is 6.81. The van der Waals surface area contributed by atoms with Gasteiger partial charge < -0.3 is 14.5 Å². The molecule has 1 aliphatic rings. The number of amides is 1. The first-order chi connectivity index (χ1) is 22.1. The molecule has 5 rings (SSSR count). The number of hydrogen-bond donors (Lipinski definition) is 0. The minimum absolute atomic E-state index is 0.0364. The van der Waals surface area contributed by atoms with Crippen molar-refractivity contribution in [1.29, 1.82) is 0 Å². The summed E-state index contributed by atoms with van der Waals surface area (Å²) in [6.07, 6.45) is 1.25. The van der Waals surface area contributed by atoms with Gasteiger partial charge in [-0.25, -0.2) is 27.9 Å². The van der Waals surface area contributed by atoms with Crippen LogP contribution in [0.4, 0.5) is 19.4 Å². The Bertz CT molecular complexity index is 1890. The van der Waals surface area contributed by atoms with Gasteiger partial charge in [0.2, 0.25) is 0 Å². The quantitative estimate of drug-likeness (QED) is 0.196. The third-order valence-corrected chi connectivity index (χ3v) is 8.92. The van der Waals surface area contributed by atoms with Crippen molar-refractivity contribution >= 4 is 34.7 Å². The second-order valence-electron chi connectivity index (χ2n) is 13.5. The van der Waals surface area contributed by atoms with E-state index in [9.17, 15) is 9.59 Å². The maximum Gasteiger partial charge on any atom is 0.410 e. The molecule has 1 fully saturated rings. The molecule has 4 aromatic rings. The molecule has 0 unspecified atom stereocenters. The Kier molecular flexibility index (Phi) is 9.64. The zero-order valence-corrected chi connectivity index (χ0v) is 29.2. The van der Waals surface area contributed by atoms with Gasteiger partial charge >= 0.3 is 11.8 Å². The molecule has 0 radical (unpaired) electrons. The van der Waals surface area contributed by atoms with Crippen LogP contribution in [-0.2, 0) is 4.74 Å². The first kappa shape index (κ1) is 34.3. The molecule has 1 atom stereocenters. The van der Waals surface area contributed by atoms with Crippen LogP contribution in [0, 0.1) is 18.6 Å². The van der Waals surface area contributed by atoms with Crippen molar-refractivity contribution in [3.63, 3.8) is 0 Å². The number of anilines is 1. The molecule has 1 amide bonds. The smallest absolute Gasteiger partial charge is 0.410 e. The summed E-state index contributed by atoms with van der Waals surface area (Å²) in [4.78, 5) is 45.0. The Labute approximate surface area is 278 Å². The van der Waals surface area contributed by atoms with E-state index in [4.69, 9.17) is 9.72 Å². The van der Waals surface area contributed by atoms with Crippen LogP contribution in [0.25, 0.3) is 28.0 Å². The van der Waals surface area contributed by atoms with Gasteiger partial charge in [0.15, 0.2) is 11.5 Å². The number of carbonyl (C=O) groups is 1. The number of aromatic nitrogens is 4. The van der Waals surface area contributed by atoms with Gasteiger partial charge in [0, 0.05) is 42.0 Å². The van der Waals surface area contributed by atoms with Crippen molar-refractivity contribution in [2.45, 2.75) is 90.0 Å². The van der Waals surface area contributed by atoms with Crippen LogP contribution in [0.2, 0.25) is 0 Å². The molecule has 0 spiro atoms. The van der Waals surface area contributed by atoms with Crippen LogP contribution in [0.15, 0.2) is 46.2 Å². The van der Waals surface area contributed by atoms with Crippen molar-refractivity contribution in [3.05, 3.63) is 69.9 Å². The van der Waals surface area contributed by atoms with Gasteiger partial charge in [-0.2, -0.15) is 4.98 Å². The lowest BCUT2D eigenvalue weighted by Gasteiger charge is -2.41. The molecule has 0 N–H and O–H groups in total. The first-order valence-corrected chi connectivity index (χ1v) is 16.7. The molecule has 12 heteroatoms. The lowest BCUT2D eigenvalue weighted by Crippen LogP contribution is -2.55. The van der Waals surface area contributed by atoms with Crippen LogP contribution in [0.1, 0.15) is 72.6 Å². The second kappa shape index (κ2) is 13.2. The molecular weight excluding hydrogens is 622 g/mol. The van der Waals surface area contributed by atoms with Gasteiger partial charge in [-0.3, -0.25) is 4.98 Å². The van der Waals surface area contributed by atoms with Gasteiger partial charge in [0.1, 0.15) is 22.9 Å². The number of nitrogens with zero attached hydrogens (tertiary/aromatic N) is 6. The van der Waals surface area contributed by atoms with Gasteiger partial charge in [-0.15, -0.1) is 11.8 Å². The fraction of sp³-hybridized carbons (Fsp3) is 0.457. The van der Waals surface area contributed by atoms with E-state index in [-0.39, 0.29) is 45.3 Å². The summed E-state index contributed by atoms with van der Waals surface area (Å²) in [6, 6.07) is 7.41. The molecule has 47 heavy (non-hydrogen) atoms. The maximum absolute atomic E-state index is 16.3. The molecular formula is C35H42F2N6O3S. The van der Waals surface area contributed by atoms with Crippen LogP contribution in [0.5, 0.6) is 0 Å². The third-order valence-electron chi connectivity index (χ3n) is 7.85. The van der Waals surface area contributed by atoms with Crippen molar-refractivity contribution in [2.75, 3.05) is 24.5 Å². The van der Waals surface area contributed by atoms with E-state index in [1.807, 2.05) is 67.2 Å². The predicted molar refractivity (Wildman–Crippen MR) is 183 cm³/mol. The Morgan fingerprint density at radius 2 is 1.79 bits per heavy atom. The Hall–Kier alpha value is -4.06. The average Bonchev–Trinajstić information content (AvgIpc) is 2.96. The number of hydrogen-bond acceptors (Lipinski definition) is 8. The van der Waals surface area contributed by atoms with E-state index in [1.54, 1.807) is 29.3 Å². The fourth-order valence-electron chi connectivity index (χ4n) is 5.84. The Morgan fingerprint density at radius 3 is 2.43 bits per heavy atom. The second-order valence-corrected chi connectivity index (χ2v) is 15.1. The van der Waals surface area contributed by atoms with Gasteiger partial charge in [0.05, 0.1) is 22.3 Å². The highest BCUT2D eigenvalue weighted by Crippen LogP contribution is 2.39. The number of piperazine rings is 1. The molecule has 1 aliphatic heterocycles. The van der Waals surface area contributed by atoms with Crippen molar-refractivity contribution in [2.24, 2.45) is 0 Å². The summed E-state index contributed by atoms with van der Waals surface area (Å²) in [6.45, 7) is 18.0.